The second-order valence-electron chi connectivity index (χ2n) is 12.7. The van der Waals surface area contributed by atoms with E-state index >= 15 is 0 Å². The lowest BCUT2D eigenvalue weighted by Gasteiger charge is -2.25. The first-order chi connectivity index (χ1) is 23.4. The predicted molar refractivity (Wildman–Crippen MR) is 168 cm³/mol. The van der Waals surface area contributed by atoms with Gasteiger partial charge in [0.1, 0.15) is 5.82 Å². The molecule has 0 spiro atoms. The third-order valence-electron chi connectivity index (χ3n) is 9.71. The summed E-state index contributed by atoms with van der Waals surface area (Å²) >= 11 is 0. The number of halogens is 4. The summed E-state index contributed by atoms with van der Waals surface area (Å²) in [5.41, 5.74) is 0.0100. The third kappa shape index (κ3) is 5.98. The molecule has 2 aromatic carbocycles. The summed E-state index contributed by atoms with van der Waals surface area (Å²) in [6.07, 6.45) is -6.25. The van der Waals surface area contributed by atoms with E-state index in [1.54, 1.807) is 16.7 Å². The maximum atomic E-state index is 14.4. The van der Waals surface area contributed by atoms with Crippen molar-refractivity contribution in [1.29, 1.82) is 0 Å². The zero-order valence-corrected chi connectivity index (χ0v) is 26.4. The summed E-state index contributed by atoms with van der Waals surface area (Å²) in [6.45, 7) is 2.19. The van der Waals surface area contributed by atoms with Crippen LogP contribution in [-0.2, 0) is 47.2 Å². The minimum atomic E-state index is -5.52. The first-order valence-electron chi connectivity index (χ1n) is 16.0. The van der Waals surface area contributed by atoms with Crippen LogP contribution >= 0.6 is 0 Å². The van der Waals surface area contributed by atoms with E-state index in [1.165, 1.54) is 19.2 Å². The average Bonchev–Trinajstić information content (AvgIpc) is 3.85. The number of fused-ring (bicyclic) bond motifs is 3. The normalized spacial score (nSPS) is 19.7. The smallest absolute Gasteiger partial charge is 0.424 e. The van der Waals surface area contributed by atoms with Crippen LogP contribution in [-0.4, -0.2) is 68.5 Å². The molecule has 4 aromatic rings. The maximum absolute atomic E-state index is 14.4. The number of alkyl halides is 3. The van der Waals surface area contributed by atoms with E-state index in [4.69, 9.17) is 4.98 Å². The Morgan fingerprint density at radius 3 is 2.43 bits per heavy atom. The zero-order valence-electron chi connectivity index (χ0n) is 26.4. The number of ether oxygens (including phenoxy) is 1. The van der Waals surface area contributed by atoms with E-state index in [2.05, 4.69) is 15.4 Å². The first kappa shape index (κ1) is 32.6. The van der Waals surface area contributed by atoms with Crippen molar-refractivity contribution in [3.63, 3.8) is 0 Å². The molecule has 1 amide bonds. The summed E-state index contributed by atoms with van der Waals surface area (Å²) in [5.74, 6) is -3.73. The molecule has 16 heteroatoms. The van der Waals surface area contributed by atoms with E-state index in [9.17, 15) is 36.7 Å². The number of aryl methyl sites for hydroxylation is 3. The number of nitrogens with zero attached hydrogens (tertiary/aromatic N) is 5. The standard InChI is InChI=1S/C33H33F4N7O5/c1-41-26-25(43(12-10-18-6-8-22(34)9-7-18)31(40-26)42-13-11-21-16-38-17-24(21)42)28(46)44(32(41)48)29(49-30(47)33(35,36)37)27(45)39-23-14-19-4-2-3-5-20(19)15-23/h2-9,21,23-24,29,38H,10-17H2,1H3,(H,39,45). The molecule has 2 aliphatic heterocycles. The van der Waals surface area contributed by atoms with Crippen LogP contribution in [0.2, 0.25) is 0 Å². The van der Waals surface area contributed by atoms with E-state index in [-0.39, 0.29) is 28.3 Å². The van der Waals surface area contributed by atoms with Crippen LogP contribution in [0.5, 0.6) is 0 Å². The van der Waals surface area contributed by atoms with Crippen LogP contribution in [0.25, 0.3) is 11.2 Å². The molecule has 49 heavy (non-hydrogen) atoms. The van der Waals surface area contributed by atoms with Crippen molar-refractivity contribution >= 4 is 29.0 Å². The highest BCUT2D eigenvalue weighted by Crippen LogP contribution is 2.33. The number of benzene rings is 2. The van der Waals surface area contributed by atoms with Gasteiger partial charge in [0.25, 0.3) is 17.7 Å². The van der Waals surface area contributed by atoms with Gasteiger partial charge < -0.3 is 24.8 Å². The molecular weight excluding hydrogens is 650 g/mol. The highest BCUT2D eigenvalue weighted by Gasteiger charge is 2.45. The molecule has 1 aliphatic carbocycles. The molecule has 2 aromatic heterocycles. The number of rotatable bonds is 8. The number of carbonyl (C=O) groups is 2. The molecule has 3 atom stereocenters. The molecular formula is C33H33F4N7O5. The monoisotopic (exact) mass is 683 g/mol. The van der Waals surface area contributed by atoms with E-state index < -0.39 is 47.4 Å². The molecule has 4 heterocycles. The first-order valence-corrected chi connectivity index (χ1v) is 16.0. The van der Waals surface area contributed by atoms with Gasteiger partial charge in [-0.25, -0.2) is 18.5 Å². The zero-order chi connectivity index (χ0) is 34.6. The van der Waals surface area contributed by atoms with Crippen molar-refractivity contribution in [3.05, 3.63) is 91.9 Å². The summed E-state index contributed by atoms with van der Waals surface area (Å²) in [4.78, 5) is 60.8. The average molecular weight is 684 g/mol. The largest absolute Gasteiger partial charge is 0.491 e. The van der Waals surface area contributed by atoms with Crippen molar-refractivity contribution < 1.29 is 31.9 Å². The number of amides is 1. The molecule has 2 N–H and O–H groups in total. The van der Waals surface area contributed by atoms with Gasteiger partial charge >= 0.3 is 17.8 Å². The van der Waals surface area contributed by atoms with Crippen LogP contribution in [0, 0.1) is 11.7 Å². The molecule has 0 radical (unpaired) electrons. The number of aromatic nitrogens is 4. The quantitative estimate of drug-likeness (QED) is 0.213. The molecule has 3 unspecified atom stereocenters. The third-order valence-corrected chi connectivity index (χ3v) is 9.71. The Labute approximate surface area is 276 Å². The lowest BCUT2D eigenvalue weighted by Crippen LogP contribution is -2.51. The Balaban J connectivity index is 1.34. The number of esters is 1. The van der Waals surface area contributed by atoms with Crippen LogP contribution in [0.15, 0.2) is 58.1 Å². The lowest BCUT2D eigenvalue weighted by atomic mass is 10.1. The molecule has 2 fully saturated rings. The van der Waals surface area contributed by atoms with Crippen molar-refractivity contribution in [2.75, 3.05) is 24.5 Å². The topological polar surface area (TPSA) is 132 Å². The van der Waals surface area contributed by atoms with Crippen molar-refractivity contribution in [1.82, 2.24) is 29.3 Å². The lowest BCUT2D eigenvalue weighted by molar-refractivity contribution is -0.210. The van der Waals surface area contributed by atoms with Gasteiger partial charge in [-0.2, -0.15) is 18.2 Å². The number of nitrogens with one attached hydrogen (secondary N) is 2. The van der Waals surface area contributed by atoms with Crippen LogP contribution < -0.4 is 26.8 Å². The van der Waals surface area contributed by atoms with Crippen LogP contribution in [0.3, 0.4) is 0 Å². The van der Waals surface area contributed by atoms with Crippen molar-refractivity contribution in [3.8, 4) is 0 Å². The minimum Gasteiger partial charge on any atom is -0.424 e. The van der Waals surface area contributed by atoms with Crippen molar-refractivity contribution in [2.45, 2.75) is 56.7 Å². The summed E-state index contributed by atoms with van der Waals surface area (Å²) in [7, 11) is 1.28. The van der Waals surface area contributed by atoms with Gasteiger partial charge in [0.05, 0.1) is 0 Å². The molecule has 258 valence electrons. The van der Waals surface area contributed by atoms with Gasteiger partial charge in [-0.05, 0) is 60.4 Å². The Morgan fingerprint density at radius 1 is 1.06 bits per heavy atom. The molecule has 2 saturated heterocycles. The van der Waals surface area contributed by atoms with Gasteiger partial charge in [-0.15, -0.1) is 0 Å². The summed E-state index contributed by atoms with van der Waals surface area (Å²) < 4.78 is 61.6. The maximum Gasteiger partial charge on any atom is 0.491 e. The number of hydrogen-bond acceptors (Lipinski definition) is 8. The number of hydrogen-bond donors (Lipinski definition) is 2. The van der Waals surface area contributed by atoms with E-state index in [1.807, 2.05) is 29.2 Å². The minimum absolute atomic E-state index is 0.0439. The Morgan fingerprint density at radius 2 is 1.76 bits per heavy atom. The Bertz CT molecular complexity index is 2030. The SMILES string of the molecule is Cn1c(=O)n(C(OC(=O)C(F)(F)F)C(=O)NC2Cc3ccccc3C2)c(=O)c2c1nc(N1CCC3CNCC31)n2CCc1ccc(F)cc1. The number of imidazole rings is 1. The fourth-order valence-electron chi connectivity index (χ4n) is 7.28. The van der Waals surface area contributed by atoms with Crippen LogP contribution in [0.4, 0.5) is 23.5 Å². The fourth-order valence-corrected chi connectivity index (χ4v) is 7.28. The Kier molecular flexibility index (Phi) is 8.29. The molecule has 12 nitrogen and oxygen atoms in total. The molecule has 0 bridgehead atoms. The highest BCUT2D eigenvalue weighted by atomic mass is 19.4. The summed E-state index contributed by atoms with van der Waals surface area (Å²) in [5, 5.41) is 5.94. The predicted octanol–water partition coefficient (Wildman–Crippen LogP) is 1.96. The van der Waals surface area contributed by atoms with Gasteiger partial charge in [-0.3, -0.25) is 14.2 Å². The van der Waals surface area contributed by atoms with E-state index in [0.717, 1.165) is 34.2 Å². The molecule has 7 rings (SSSR count). The van der Waals surface area contributed by atoms with Gasteiger partial charge in [0.15, 0.2) is 11.2 Å². The summed E-state index contributed by atoms with van der Waals surface area (Å²) in [6, 6.07) is 12.6. The second-order valence-corrected chi connectivity index (χ2v) is 12.7. The highest BCUT2D eigenvalue weighted by molar-refractivity contribution is 5.84. The van der Waals surface area contributed by atoms with Gasteiger partial charge in [0.2, 0.25) is 5.95 Å². The number of anilines is 1. The number of carbonyl (C=O) groups excluding carboxylic acids is 2. The molecule has 0 saturated carbocycles. The Hall–Kier alpha value is -4.99. The van der Waals surface area contributed by atoms with Crippen LogP contribution in [0.1, 0.15) is 29.3 Å². The van der Waals surface area contributed by atoms with E-state index in [0.29, 0.717) is 44.2 Å². The van der Waals surface area contributed by atoms with Crippen molar-refractivity contribution in [2.24, 2.45) is 13.0 Å². The fraction of sp³-hybridized carbons (Fsp3) is 0.424. The van der Waals surface area contributed by atoms with Gasteiger partial charge in [-0.1, -0.05) is 36.4 Å². The van der Waals surface area contributed by atoms with Gasteiger partial charge in [0, 0.05) is 45.3 Å². The molecule has 3 aliphatic rings. The second kappa shape index (κ2) is 12.5.